The Morgan fingerprint density at radius 2 is 1.58 bits per heavy atom. The number of nitrogens with one attached hydrogen (secondary N) is 1. The SMILES string of the molecule is C#CCOC(=O)C1=C(C(=O)OCC#C)C2(CNS(=O)(=O)c3cccc4c(N(C)C)cccc34)C=CC1(C)O2. The highest BCUT2D eigenvalue weighted by molar-refractivity contribution is 7.89. The minimum Gasteiger partial charge on any atom is -0.449 e. The van der Waals surface area contributed by atoms with Crippen LogP contribution in [-0.4, -0.2) is 65.4 Å². The smallest absolute Gasteiger partial charge is 0.338 e. The molecule has 2 aromatic rings. The molecule has 2 aliphatic rings. The normalized spacial score (nSPS) is 21.7. The first-order chi connectivity index (χ1) is 18.0. The standard InChI is InChI=1S/C28H26N2O7S/c1-6-16-35-25(31)23-24(26(32)36-17-7-2)28(15-14-27(23,3)37-28)18-29-38(33,34)22-13-9-10-19-20(22)11-8-12-21(19)30(4)5/h1-2,8-15,29H,16-18H2,3-5H3. The number of fused-ring (bicyclic) bond motifs is 3. The zero-order chi connectivity index (χ0) is 27.7. The van der Waals surface area contributed by atoms with Crippen molar-refractivity contribution in [1.29, 1.82) is 0 Å². The lowest BCUT2D eigenvalue weighted by Gasteiger charge is -2.26. The summed E-state index contributed by atoms with van der Waals surface area (Å²) in [5.41, 5.74) is -2.49. The monoisotopic (exact) mass is 534 g/mol. The van der Waals surface area contributed by atoms with Crippen molar-refractivity contribution in [2.45, 2.75) is 23.0 Å². The molecule has 0 saturated heterocycles. The van der Waals surface area contributed by atoms with E-state index in [-0.39, 0.29) is 29.3 Å². The molecule has 0 aromatic heterocycles. The van der Waals surface area contributed by atoms with Crippen LogP contribution in [0.4, 0.5) is 5.69 Å². The molecule has 38 heavy (non-hydrogen) atoms. The molecule has 2 heterocycles. The van der Waals surface area contributed by atoms with E-state index < -0.39 is 39.7 Å². The molecule has 0 saturated carbocycles. The molecule has 1 N–H and O–H groups in total. The highest BCUT2D eigenvalue weighted by Crippen LogP contribution is 2.50. The van der Waals surface area contributed by atoms with Crippen LogP contribution in [0, 0.1) is 24.7 Å². The maximum Gasteiger partial charge on any atom is 0.338 e. The summed E-state index contributed by atoms with van der Waals surface area (Å²) in [6.45, 7) is 0.463. The Hall–Kier alpha value is -4.09. The maximum absolute atomic E-state index is 13.6. The molecule has 2 bridgehead atoms. The second kappa shape index (κ2) is 9.99. The summed E-state index contributed by atoms with van der Waals surface area (Å²) >= 11 is 0. The van der Waals surface area contributed by atoms with E-state index >= 15 is 0 Å². The number of ether oxygens (including phenoxy) is 3. The molecule has 2 atom stereocenters. The third-order valence-electron chi connectivity index (χ3n) is 6.37. The minimum atomic E-state index is -4.12. The molecule has 2 aliphatic heterocycles. The first-order valence-electron chi connectivity index (χ1n) is 11.6. The maximum atomic E-state index is 13.6. The first kappa shape index (κ1) is 27.0. The van der Waals surface area contributed by atoms with Gasteiger partial charge in [0.2, 0.25) is 10.0 Å². The van der Waals surface area contributed by atoms with Gasteiger partial charge in [0, 0.05) is 37.1 Å². The van der Waals surface area contributed by atoms with E-state index in [4.69, 9.17) is 27.1 Å². The van der Waals surface area contributed by atoms with Crippen molar-refractivity contribution in [2.24, 2.45) is 0 Å². The Morgan fingerprint density at radius 3 is 2.21 bits per heavy atom. The fraction of sp³-hybridized carbons (Fsp3) is 0.286. The number of benzene rings is 2. The molecule has 2 aromatic carbocycles. The van der Waals surface area contributed by atoms with E-state index in [0.717, 1.165) is 11.1 Å². The van der Waals surface area contributed by atoms with E-state index in [0.29, 0.717) is 5.39 Å². The fourth-order valence-corrected chi connectivity index (χ4v) is 6.04. The third-order valence-corrected chi connectivity index (χ3v) is 7.83. The van der Waals surface area contributed by atoms with Gasteiger partial charge in [0.15, 0.2) is 13.2 Å². The number of hydrogen-bond donors (Lipinski definition) is 1. The van der Waals surface area contributed by atoms with E-state index in [2.05, 4.69) is 16.6 Å². The van der Waals surface area contributed by atoms with Crippen LogP contribution in [-0.2, 0) is 33.8 Å². The summed E-state index contributed by atoms with van der Waals surface area (Å²) in [5, 5.41) is 1.27. The van der Waals surface area contributed by atoms with Gasteiger partial charge < -0.3 is 19.1 Å². The molecule has 196 valence electrons. The number of carbonyl (C=O) groups excluding carboxylic acids is 2. The minimum absolute atomic E-state index is 0.0481. The number of carbonyl (C=O) groups is 2. The van der Waals surface area contributed by atoms with Gasteiger partial charge in [-0.1, -0.05) is 36.1 Å². The van der Waals surface area contributed by atoms with Crippen LogP contribution in [0.3, 0.4) is 0 Å². The van der Waals surface area contributed by atoms with E-state index in [1.807, 2.05) is 31.1 Å². The fourth-order valence-electron chi connectivity index (χ4n) is 4.76. The van der Waals surface area contributed by atoms with Crippen molar-refractivity contribution >= 4 is 38.4 Å². The van der Waals surface area contributed by atoms with Gasteiger partial charge in [0.25, 0.3) is 0 Å². The zero-order valence-electron chi connectivity index (χ0n) is 21.1. The summed E-state index contributed by atoms with van der Waals surface area (Å²) in [6, 6.07) is 10.4. The van der Waals surface area contributed by atoms with Gasteiger partial charge in [-0.05, 0) is 31.2 Å². The summed E-state index contributed by atoms with van der Waals surface area (Å²) in [6.07, 6.45) is 13.5. The zero-order valence-corrected chi connectivity index (χ0v) is 21.9. The number of hydrogen-bond acceptors (Lipinski definition) is 8. The van der Waals surface area contributed by atoms with Crippen LogP contribution in [0.15, 0.2) is 64.6 Å². The van der Waals surface area contributed by atoms with E-state index in [1.54, 1.807) is 31.2 Å². The van der Waals surface area contributed by atoms with Crippen LogP contribution in [0.2, 0.25) is 0 Å². The van der Waals surface area contributed by atoms with Gasteiger partial charge in [0.1, 0.15) is 11.2 Å². The van der Waals surface area contributed by atoms with Crippen molar-refractivity contribution in [3.05, 3.63) is 59.7 Å². The van der Waals surface area contributed by atoms with Crippen LogP contribution in [0.25, 0.3) is 10.8 Å². The Morgan fingerprint density at radius 1 is 0.974 bits per heavy atom. The molecule has 0 fully saturated rings. The molecule has 0 spiro atoms. The van der Waals surface area contributed by atoms with Crippen molar-refractivity contribution < 1.29 is 32.2 Å². The summed E-state index contributed by atoms with van der Waals surface area (Å²) in [7, 11) is -0.379. The van der Waals surface area contributed by atoms with Crippen LogP contribution in [0.5, 0.6) is 0 Å². The molecule has 10 heteroatoms. The number of anilines is 1. The van der Waals surface area contributed by atoms with Gasteiger partial charge in [-0.3, -0.25) is 0 Å². The molecule has 0 amide bonds. The largest absolute Gasteiger partial charge is 0.449 e. The first-order valence-corrected chi connectivity index (χ1v) is 13.0. The number of sulfonamides is 1. The Kier molecular flexibility index (Phi) is 7.09. The van der Waals surface area contributed by atoms with Crippen LogP contribution >= 0.6 is 0 Å². The summed E-state index contributed by atoms with van der Waals surface area (Å²) in [4.78, 5) is 27.9. The van der Waals surface area contributed by atoms with Crippen molar-refractivity contribution in [3.8, 4) is 24.7 Å². The van der Waals surface area contributed by atoms with Crippen LogP contribution < -0.4 is 9.62 Å². The second-order valence-corrected chi connectivity index (χ2v) is 10.8. The van der Waals surface area contributed by atoms with Crippen LogP contribution in [0.1, 0.15) is 6.92 Å². The summed E-state index contributed by atoms with van der Waals surface area (Å²) in [5.74, 6) is 2.58. The Labute approximate surface area is 221 Å². The van der Waals surface area contributed by atoms with E-state index in [1.165, 1.54) is 12.1 Å². The average molecular weight is 535 g/mol. The quantitative estimate of drug-likeness (QED) is 0.295. The number of esters is 2. The van der Waals surface area contributed by atoms with Gasteiger partial charge in [0.05, 0.1) is 16.0 Å². The third kappa shape index (κ3) is 4.54. The van der Waals surface area contributed by atoms with Crippen molar-refractivity contribution in [1.82, 2.24) is 4.72 Å². The predicted octanol–water partition coefficient (Wildman–Crippen LogP) is 1.93. The summed E-state index contributed by atoms with van der Waals surface area (Å²) < 4.78 is 46.0. The average Bonchev–Trinajstić information content (AvgIpc) is 3.37. The van der Waals surface area contributed by atoms with Gasteiger partial charge in [-0.2, -0.15) is 0 Å². The lowest BCUT2D eigenvalue weighted by molar-refractivity contribution is -0.141. The Balaban J connectivity index is 1.74. The molecule has 9 nitrogen and oxygen atoms in total. The molecule has 0 aliphatic carbocycles. The van der Waals surface area contributed by atoms with Gasteiger partial charge >= 0.3 is 11.9 Å². The molecule has 0 radical (unpaired) electrons. The number of nitrogens with zero attached hydrogens (tertiary/aromatic N) is 1. The molecular weight excluding hydrogens is 508 g/mol. The second-order valence-electron chi connectivity index (χ2n) is 9.09. The topological polar surface area (TPSA) is 111 Å². The highest BCUT2D eigenvalue weighted by Gasteiger charge is 2.60. The molecule has 4 rings (SSSR count). The predicted molar refractivity (Wildman–Crippen MR) is 141 cm³/mol. The van der Waals surface area contributed by atoms with Crippen molar-refractivity contribution in [3.63, 3.8) is 0 Å². The lowest BCUT2D eigenvalue weighted by Crippen LogP contribution is -2.44. The van der Waals surface area contributed by atoms with E-state index in [9.17, 15) is 18.0 Å². The number of terminal acetylenes is 2. The number of rotatable bonds is 9. The molecular formula is C28H26N2O7S. The Bertz CT molecular complexity index is 1580. The highest BCUT2D eigenvalue weighted by atomic mass is 32.2. The van der Waals surface area contributed by atoms with Gasteiger partial charge in [-0.15, -0.1) is 12.8 Å². The molecule has 2 unspecified atom stereocenters. The van der Waals surface area contributed by atoms with Gasteiger partial charge in [-0.25, -0.2) is 22.7 Å². The lowest BCUT2D eigenvalue weighted by atomic mass is 9.82. The van der Waals surface area contributed by atoms with Crippen molar-refractivity contribution in [2.75, 3.05) is 38.8 Å².